The van der Waals surface area contributed by atoms with E-state index in [-0.39, 0.29) is 11.5 Å². The van der Waals surface area contributed by atoms with Crippen LogP contribution in [-0.4, -0.2) is 15.3 Å². The number of amides is 1. The molecule has 0 aliphatic heterocycles. The molecule has 0 fully saturated rings. The third-order valence-corrected chi connectivity index (χ3v) is 3.61. The number of nitrogens with zero attached hydrogens (tertiary/aromatic N) is 2. The van der Waals surface area contributed by atoms with Crippen LogP contribution in [0.5, 0.6) is 0 Å². The largest absolute Gasteiger partial charge is 0.379 e. The highest BCUT2D eigenvalue weighted by atomic mass is 16.1. The third-order valence-electron chi connectivity index (χ3n) is 3.61. The van der Waals surface area contributed by atoms with E-state index in [1.54, 1.807) is 10.5 Å². The van der Waals surface area contributed by atoms with Crippen molar-refractivity contribution in [3.8, 4) is 0 Å². The Labute approximate surface area is 139 Å². The van der Waals surface area contributed by atoms with E-state index in [0.29, 0.717) is 17.9 Å². The maximum atomic E-state index is 12.2. The number of anilines is 2. The molecule has 6 nitrogen and oxygen atoms in total. The molecule has 0 saturated carbocycles. The molecule has 1 aromatic carbocycles. The zero-order valence-electron chi connectivity index (χ0n) is 13.5. The number of aryl methyl sites for hydroxylation is 1. The second kappa shape index (κ2) is 6.54. The average molecular weight is 322 g/mol. The molecule has 3 rings (SSSR count). The first-order chi connectivity index (χ1) is 11.5. The second-order valence-corrected chi connectivity index (χ2v) is 5.56. The van der Waals surface area contributed by atoms with E-state index in [1.807, 2.05) is 49.4 Å². The topological polar surface area (TPSA) is 75.5 Å². The Morgan fingerprint density at radius 2 is 1.83 bits per heavy atom. The average Bonchev–Trinajstić information content (AvgIpc) is 2.53. The predicted molar refractivity (Wildman–Crippen MR) is 94.3 cm³/mol. The van der Waals surface area contributed by atoms with Crippen molar-refractivity contribution >= 4 is 22.9 Å². The highest BCUT2D eigenvalue weighted by Gasteiger charge is 2.04. The van der Waals surface area contributed by atoms with Gasteiger partial charge in [0.15, 0.2) is 0 Å². The summed E-state index contributed by atoms with van der Waals surface area (Å²) in [7, 11) is 0. The van der Waals surface area contributed by atoms with Gasteiger partial charge < -0.3 is 10.6 Å². The molecule has 3 aromatic rings. The molecule has 1 amide bonds. The van der Waals surface area contributed by atoms with Gasteiger partial charge in [-0.3, -0.25) is 14.0 Å². The fraction of sp³-hybridized carbons (Fsp3) is 0.167. The van der Waals surface area contributed by atoms with Crippen LogP contribution < -0.4 is 16.2 Å². The minimum Gasteiger partial charge on any atom is -0.379 e. The molecule has 0 radical (unpaired) electrons. The van der Waals surface area contributed by atoms with E-state index in [0.717, 1.165) is 17.1 Å². The summed E-state index contributed by atoms with van der Waals surface area (Å²) in [5, 5.41) is 5.94. The zero-order chi connectivity index (χ0) is 17.1. The summed E-state index contributed by atoms with van der Waals surface area (Å²) in [6.07, 6.45) is 0. The van der Waals surface area contributed by atoms with E-state index < -0.39 is 0 Å². The summed E-state index contributed by atoms with van der Waals surface area (Å²) >= 11 is 0. The lowest BCUT2D eigenvalue weighted by Crippen LogP contribution is -2.18. The van der Waals surface area contributed by atoms with Gasteiger partial charge in [-0.2, -0.15) is 0 Å². The molecule has 2 heterocycles. The van der Waals surface area contributed by atoms with Gasteiger partial charge in [-0.25, -0.2) is 4.98 Å². The normalized spacial score (nSPS) is 10.6. The Bertz CT molecular complexity index is 945. The van der Waals surface area contributed by atoms with Crippen LogP contribution in [0.15, 0.2) is 53.3 Å². The van der Waals surface area contributed by atoms with Crippen molar-refractivity contribution in [2.24, 2.45) is 0 Å². The van der Waals surface area contributed by atoms with Crippen LogP contribution in [-0.2, 0) is 11.3 Å². The van der Waals surface area contributed by atoms with Gasteiger partial charge in [0.1, 0.15) is 5.65 Å². The summed E-state index contributed by atoms with van der Waals surface area (Å²) in [4.78, 5) is 27.8. The fourth-order valence-electron chi connectivity index (χ4n) is 2.52. The van der Waals surface area contributed by atoms with Gasteiger partial charge in [-0.1, -0.05) is 6.07 Å². The fourth-order valence-corrected chi connectivity index (χ4v) is 2.52. The number of pyridine rings is 1. The molecule has 2 N–H and O–H groups in total. The lowest BCUT2D eigenvalue weighted by Gasteiger charge is -2.09. The van der Waals surface area contributed by atoms with E-state index >= 15 is 0 Å². The molecule has 0 aliphatic rings. The van der Waals surface area contributed by atoms with Crippen molar-refractivity contribution in [2.45, 2.75) is 20.4 Å². The number of fused-ring (bicyclic) bond motifs is 1. The van der Waals surface area contributed by atoms with Crippen LogP contribution in [0.3, 0.4) is 0 Å². The van der Waals surface area contributed by atoms with Crippen LogP contribution in [0, 0.1) is 6.92 Å². The van der Waals surface area contributed by atoms with Crippen LogP contribution in [0.2, 0.25) is 0 Å². The van der Waals surface area contributed by atoms with Gasteiger partial charge in [0.25, 0.3) is 5.56 Å². The molecular formula is C18H18N4O2. The van der Waals surface area contributed by atoms with Crippen molar-refractivity contribution in [1.29, 1.82) is 0 Å². The highest BCUT2D eigenvalue weighted by Crippen LogP contribution is 2.14. The molecule has 0 aliphatic carbocycles. The van der Waals surface area contributed by atoms with Gasteiger partial charge in [-0.15, -0.1) is 0 Å². The molecule has 0 bridgehead atoms. The molecule has 122 valence electrons. The van der Waals surface area contributed by atoms with Crippen molar-refractivity contribution in [3.05, 3.63) is 70.3 Å². The number of nitrogens with one attached hydrogen (secondary N) is 2. The molecule has 24 heavy (non-hydrogen) atoms. The molecule has 2 aromatic heterocycles. The molecule has 0 spiro atoms. The maximum Gasteiger partial charge on any atom is 0.258 e. The lowest BCUT2D eigenvalue weighted by molar-refractivity contribution is -0.114. The first-order valence-corrected chi connectivity index (χ1v) is 7.63. The summed E-state index contributed by atoms with van der Waals surface area (Å²) in [6, 6.07) is 14.5. The molecule has 0 unspecified atom stereocenters. The minimum absolute atomic E-state index is 0.0871. The highest BCUT2D eigenvalue weighted by molar-refractivity contribution is 5.88. The Morgan fingerprint density at radius 3 is 2.54 bits per heavy atom. The van der Waals surface area contributed by atoms with Crippen LogP contribution in [0.25, 0.3) is 5.65 Å². The molecular weight excluding hydrogens is 304 g/mol. The van der Waals surface area contributed by atoms with E-state index in [1.165, 1.54) is 6.92 Å². The summed E-state index contributed by atoms with van der Waals surface area (Å²) in [5.74, 6) is -0.105. The number of hydrogen-bond acceptors (Lipinski definition) is 4. The number of benzene rings is 1. The van der Waals surface area contributed by atoms with Gasteiger partial charge in [0.2, 0.25) is 5.91 Å². The Hall–Kier alpha value is -3.15. The summed E-state index contributed by atoms with van der Waals surface area (Å²) < 4.78 is 1.59. The number of hydrogen-bond donors (Lipinski definition) is 2. The zero-order valence-corrected chi connectivity index (χ0v) is 13.5. The van der Waals surface area contributed by atoms with Gasteiger partial charge in [-0.05, 0) is 43.3 Å². The van der Waals surface area contributed by atoms with Gasteiger partial charge in [0.05, 0.1) is 12.2 Å². The summed E-state index contributed by atoms with van der Waals surface area (Å²) in [6.45, 7) is 3.79. The van der Waals surface area contributed by atoms with Gasteiger partial charge in [0, 0.05) is 30.1 Å². The quantitative estimate of drug-likeness (QED) is 0.774. The van der Waals surface area contributed by atoms with Crippen molar-refractivity contribution in [2.75, 3.05) is 10.6 Å². The van der Waals surface area contributed by atoms with E-state index in [4.69, 9.17) is 0 Å². The smallest absolute Gasteiger partial charge is 0.258 e. The van der Waals surface area contributed by atoms with Crippen LogP contribution >= 0.6 is 0 Å². The SMILES string of the molecule is CC(=O)Nc1ccc(NCc2cc(=O)n3c(C)cccc3n2)cc1. The molecule has 6 heteroatoms. The van der Waals surface area contributed by atoms with Crippen molar-refractivity contribution < 1.29 is 4.79 Å². The van der Waals surface area contributed by atoms with E-state index in [2.05, 4.69) is 15.6 Å². The van der Waals surface area contributed by atoms with Crippen LogP contribution in [0.4, 0.5) is 11.4 Å². The van der Waals surface area contributed by atoms with E-state index in [9.17, 15) is 9.59 Å². The minimum atomic E-state index is -0.105. The second-order valence-electron chi connectivity index (χ2n) is 5.56. The standard InChI is InChI=1S/C18H18N4O2/c1-12-4-3-5-17-21-16(10-18(24)22(12)17)11-19-14-6-8-15(9-7-14)20-13(2)23/h3-10,19H,11H2,1-2H3,(H,20,23). The number of carbonyl (C=O) groups is 1. The van der Waals surface area contributed by atoms with Crippen LogP contribution in [0.1, 0.15) is 18.3 Å². The van der Waals surface area contributed by atoms with Crippen molar-refractivity contribution in [3.63, 3.8) is 0 Å². The number of aromatic nitrogens is 2. The Morgan fingerprint density at radius 1 is 1.12 bits per heavy atom. The number of rotatable bonds is 4. The summed E-state index contributed by atoms with van der Waals surface area (Å²) in [5.41, 5.74) is 3.71. The Balaban J connectivity index is 1.76. The number of carbonyl (C=O) groups excluding carboxylic acids is 1. The first kappa shape index (κ1) is 15.7. The third kappa shape index (κ3) is 3.43. The lowest BCUT2D eigenvalue weighted by atomic mass is 10.2. The molecule has 0 atom stereocenters. The van der Waals surface area contributed by atoms with Crippen molar-refractivity contribution in [1.82, 2.24) is 9.38 Å². The van der Waals surface area contributed by atoms with Gasteiger partial charge >= 0.3 is 0 Å². The maximum absolute atomic E-state index is 12.2. The first-order valence-electron chi connectivity index (χ1n) is 7.63. The monoisotopic (exact) mass is 322 g/mol. The molecule has 0 saturated heterocycles. The Kier molecular flexibility index (Phi) is 4.29. The predicted octanol–water partition coefficient (Wildman–Crippen LogP) is 2.57.